The van der Waals surface area contributed by atoms with Gasteiger partial charge in [-0.3, -0.25) is 5.32 Å². The van der Waals surface area contributed by atoms with Crippen LogP contribution in [0.5, 0.6) is 0 Å². The van der Waals surface area contributed by atoms with E-state index in [2.05, 4.69) is 5.32 Å². The van der Waals surface area contributed by atoms with E-state index in [9.17, 15) is 9.59 Å². The van der Waals surface area contributed by atoms with Crippen molar-refractivity contribution in [1.29, 1.82) is 0 Å². The van der Waals surface area contributed by atoms with Gasteiger partial charge in [0.1, 0.15) is 5.00 Å². The Hall–Kier alpha value is -1.56. The second kappa shape index (κ2) is 5.86. The highest BCUT2D eigenvalue weighted by Crippen LogP contribution is 2.32. The Bertz CT molecular complexity index is 468. The van der Waals surface area contributed by atoms with Gasteiger partial charge in [-0.25, -0.2) is 9.59 Å². The van der Waals surface area contributed by atoms with Crippen molar-refractivity contribution in [3.8, 4) is 0 Å². The monoisotopic (exact) mass is 270 g/mol. The molecule has 1 aromatic rings. The first-order chi connectivity index (χ1) is 8.38. The maximum absolute atomic E-state index is 11.8. The summed E-state index contributed by atoms with van der Waals surface area (Å²) >= 11 is 1.29. The Morgan fingerprint density at radius 3 is 2.50 bits per heavy atom. The third-order valence-corrected chi connectivity index (χ3v) is 3.85. The number of aromatic carboxylic acids is 1. The van der Waals surface area contributed by atoms with Gasteiger partial charge < -0.3 is 10.0 Å². The summed E-state index contributed by atoms with van der Waals surface area (Å²) < 4.78 is 0. The lowest BCUT2D eigenvalue weighted by molar-refractivity contribution is 0.0697. The molecule has 0 aromatic carbocycles. The van der Waals surface area contributed by atoms with Crippen LogP contribution in [-0.4, -0.2) is 35.6 Å². The zero-order chi connectivity index (χ0) is 13.9. The third-order valence-electron chi connectivity index (χ3n) is 2.73. The van der Waals surface area contributed by atoms with Crippen LogP contribution >= 0.6 is 11.3 Å². The number of nitrogens with zero attached hydrogens (tertiary/aromatic N) is 1. The van der Waals surface area contributed by atoms with Gasteiger partial charge in [-0.2, -0.15) is 0 Å². The number of anilines is 1. The fourth-order valence-corrected chi connectivity index (χ4v) is 2.64. The number of aryl methyl sites for hydroxylation is 1. The molecular weight excluding hydrogens is 252 g/mol. The normalized spacial score (nSPS) is 10.2. The number of thiophene rings is 1. The van der Waals surface area contributed by atoms with E-state index in [-0.39, 0.29) is 11.6 Å². The lowest BCUT2D eigenvalue weighted by Gasteiger charge is -2.16. The van der Waals surface area contributed by atoms with E-state index in [0.717, 1.165) is 11.3 Å². The van der Waals surface area contributed by atoms with Crippen molar-refractivity contribution < 1.29 is 14.7 Å². The lowest BCUT2D eigenvalue weighted by Crippen LogP contribution is -2.32. The van der Waals surface area contributed by atoms with Gasteiger partial charge in [0.25, 0.3) is 0 Å². The van der Waals surface area contributed by atoms with E-state index < -0.39 is 5.97 Å². The zero-order valence-electron chi connectivity index (χ0n) is 11.0. The fraction of sp³-hybridized carbons (Fsp3) is 0.500. The minimum Gasteiger partial charge on any atom is -0.478 e. The second-order valence-corrected chi connectivity index (χ2v) is 5.37. The number of urea groups is 1. The smallest absolute Gasteiger partial charge is 0.338 e. The summed E-state index contributed by atoms with van der Waals surface area (Å²) in [5.41, 5.74) is 0.900. The third kappa shape index (κ3) is 3.01. The molecule has 1 aromatic heterocycles. The Kier molecular flexibility index (Phi) is 4.72. The maximum atomic E-state index is 11.8. The van der Waals surface area contributed by atoms with Crippen molar-refractivity contribution in [2.75, 3.05) is 18.9 Å². The van der Waals surface area contributed by atoms with E-state index in [0.29, 0.717) is 17.1 Å². The number of hydrogen-bond acceptors (Lipinski definition) is 3. The molecule has 0 saturated carbocycles. The molecule has 0 radical (unpaired) electrons. The Labute approximate surface area is 110 Å². The molecule has 0 aliphatic rings. The molecule has 0 aliphatic heterocycles. The molecule has 0 saturated heterocycles. The molecule has 1 rings (SSSR count). The van der Waals surface area contributed by atoms with Gasteiger partial charge in [-0.15, -0.1) is 11.3 Å². The highest BCUT2D eigenvalue weighted by Gasteiger charge is 2.21. The van der Waals surface area contributed by atoms with Gasteiger partial charge in [0.05, 0.1) is 5.56 Å². The van der Waals surface area contributed by atoms with Crippen LogP contribution in [-0.2, 0) is 0 Å². The highest BCUT2D eigenvalue weighted by atomic mass is 32.1. The van der Waals surface area contributed by atoms with Crippen molar-refractivity contribution in [1.82, 2.24) is 4.90 Å². The molecule has 18 heavy (non-hydrogen) atoms. The summed E-state index contributed by atoms with van der Waals surface area (Å²) in [5.74, 6) is -1.01. The summed E-state index contributed by atoms with van der Waals surface area (Å²) in [7, 11) is 1.69. The van der Waals surface area contributed by atoms with Crippen LogP contribution in [0, 0.1) is 13.8 Å². The molecule has 0 atom stereocenters. The summed E-state index contributed by atoms with van der Waals surface area (Å²) in [6.45, 7) is 6.21. The van der Waals surface area contributed by atoms with Crippen molar-refractivity contribution in [3.05, 3.63) is 16.0 Å². The average Bonchev–Trinajstić information content (AvgIpc) is 2.54. The molecule has 0 spiro atoms. The molecular formula is C12H18N2O3S. The van der Waals surface area contributed by atoms with E-state index in [1.165, 1.54) is 16.2 Å². The van der Waals surface area contributed by atoms with Crippen LogP contribution in [0.3, 0.4) is 0 Å². The molecule has 0 fully saturated rings. The van der Waals surface area contributed by atoms with Crippen LogP contribution < -0.4 is 5.32 Å². The Balaban J connectivity index is 2.94. The minimum absolute atomic E-state index is 0.191. The topological polar surface area (TPSA) is 69.6 Å². The predicted molar refractivity (Wildman–Crippen MR) is 72.7 cm³/mol. The number of carboxylic acids is 1. The molecule has 0 aliphatic carbocycles. The van der Waals surface area contributed by atoms with Crippen LogP contribution in [0.25, 0.3) is 0 Å². The number of amides is 2. The number of carboxylic acid groups (broad SMARTS) is 1. The molecule has 100 valence electrons. The predicted octanol–water partition coefficient (Wildman–Crippen LogP) is 2.94. The largest absolute Gasteiger partial charge is 0.478 e. The summed E-state index contributed by atoms with van der Waals surface area (Å²) in [4.78, 5) is 25.4. The Morgan fingerprint density at radius 1 is 1.39 bits per heavy atom. The number of carbonyl (C=O) groups excluding carboxylic acids is 1. The van der Waals surface area contributed by atoms with Crippen molar-refractivity contribution in [2.45, 2.75) is 27.2 Å². The van der Waals surface area contributed by atoms with Gasteiger partial charge in [0, 0.05) is 18.5 Å². The van der Waals surface area contributed by atoms with E-state index in [1.54, 1.807) is 14.0 Å². The van der Waals surface area contributed by atoms with Crippen LogP contribution in [0.4, 0.5) is 9.80 Å². The zero-order valence-corrected chi connectivity index (χ0v) is 11.8. The number of hydrogen-bond donors (Lipinski definition) is 2. The van der Waals surface area contributed by atoms with E-state index in [4.69, 9.17) is 5.11 Å². The molecule has 0 unspecified atom stereocenters. The minimum atomic E-state index is -1.01. The van der Waals surface area contributed by atoms with Crippen molar-refractivity contribution >= 4 is 28.3 Å². The highest BCUT2D eigenvalue weighted by molar-refractivity contribution is 7.16. The van der Waals surface area contributed by atoms with Crippen molar-refractivity contribution in [3.63, 3.8) is 0 Å². The first kappa shape index (κ1) is 14.5. The van der Waals surface area contributed by atoms with Crippen molar-refractivity contribution in [2.24, 2.45) is 0 Å². The fourth-order valence-electron chi connectivity index (χ4n) is 1.60. The molecule has 6 heteroatoms. The summed E-state index contributed by atoms with van der Waals surface area (Å²) in [5, 5.41) is 12.2. The van der Waals surface area contributed by atoms with Gasteiger partial charge in [0.2, 0.25) is 0 Å². The Morgan fingerprint density at radius 2 is 2.00 bits per heavy atom. The second-order valence-electron chi connectivity index (χ2n) is 4.14. The number of rotatable bonds is 4. The molecule has 2 amide bonds. The molecule has 5 nitrogen and oxygen atoms in total. The average molecular weight is 270 g/mol. The summed E-state index contributed by atoms with van der Waals surface area (Å²) in [6, 6.07) is -0.277. The van der Waals surface area contributed by atoms with Crippen LogP contribution in [0.15, 0.2) is 0 Å². The first-order valence-corrected chi connectivity index (χ1v) is 6.55. The number of carbonyl (C=O) groups is 2. The first-order valence-electron chi connectivity index (χ1n) is 5.73. The van der Waals surface area contributed by atoms with Crippen LogP contribution in [0.2, 0.25) is 0 Å². The van der Waals surface area contributed by atoms with Gasteiger partial charge in [0.15, 0.2) is 0 Å². The molecule has 2 N–H and O–H groups in total. The van der Waals surface area contributed by atoms with Gasteiger partial charge >= 0.3 is 12.0 Å². The van der Waals surface area contributed by atoms with Gasteiger partial charge in [-0.1, -0.05) is 6.92 Å². The SMILES string of the molecule is CCCN(C)C(=O)Nc1sc(C)c(C)c1C(=O)O. The van der Waals surface area contributed by atoms with E-state index in [1.807, 2.05) is 13.8 Å². The molecule has 1 heterocycles. The summed E-state index contributed by atoms with van der Waals surface area (Å²) in [6.07, 6.45) is 0.859. The number of nitrogens with one attached hydrogen (secondary N) is 1. The molecule has 0 bridgehead atoms. The lowest BCUT2D eigenvalue weighted by atomic mass is 10.1. The maximum Gasteiger partial charge on any atom is 0.338 e. The standard InChI is InChI=1S/C12H18N2O3S/c1-5-6-14(4)12(17)13-10-9(11(15)16)7(2)8(3)18-10/h5-6H2,1-4H3,(H,13,17)(H,15,16). The van der Waals surface area contributed by atoms with Gasteiger partial charge in [-0.05, 0) is 25.8 Å². The van der Waals surface area contributed by atoms with E-state index >= 15 is 0 Å². The van der Waals surface area contributed by atoms with Crippen LogP contribution in [0.1, 0.15) is 34.1 Å². The quantitative estimate of drug-likeness (QED) is 0.883.